The molecule has 0 fully saturated rings. The lowest BCUT2D eigenvalue weighted by Gasteiger charge is -2.39. The highest BCUT2D eigenvalue weighted by atomic mass is 16.5. The Kier molecular flexibility index (Phi) is 6.29. The summed E-state index contributed by atoms with van der Waals surface area (Å²) in [4.78, 5) is 0. The molecule has 55 heavy (non-hydrogen) atoms. The fraction of sp³-hybridized carbons (Fsp3) is 0.0189. The zero-order valence-electron chi connectivity index (χ0n) is 29.9. The van der Waals surface area contributed by atoms with Crippen molar-refractivity contribution in [3.63, 3.8) is 0 Å². The predicted molar refractivity (Wildman–Crippen MR) is 227 cm³/mol. The number of fused-ring (bicyclic) bond motifs is 15. The summed E-state index contributed by atoms with van der Waals surface area (Å²) in [6.07, 6.45) is 0. The minimum absolute atomic E-state index is 0.560. The molecular weight excluding hydrogens is 667 g/mol. The first kappa shape index (κ1) is 30.3. The first-order chi connectivity index (χ1) is 27.3. The fourth-order valence-electron chi connectivity index (χ4n) is 9.78. The Morgan fingerprint density at radius 1 is 0.400 bits per heavy atom. The van der Waals surface area contributed by atoms with Gasteiger partial charge in [-0.2, -0.15) is 0 Å². The van der Waals surface area contributed by atoms with E-state index in [1.165, 1.54) is 71.6 Å². The largest absolute Gasteiger partial charge is 0.454 e. The van der Waals surface area contributed by atoms with E-state index in [1.54, 1.807) is 0 Å². The highest BCUT2D eigenvalue weighted by Crippen LogP contribution is 2.63. The summed E-state index contributed by atoms with van der Waals surface area (Å²) >= 11 is 0. The first-order valence-corrected chi connectivity index (χ1v) is 19.0. The Hall–Kier alpha value is -7.16. The molecule has 10 aromatic rings. The Morgan fingerprint density at radius 2 is 0.982 bits per heavy atom. The van der Waals surface area contributed by atoms with E-state index >= 15 is 0 Å². The lowest BCUT2D eigenvalue weighted by atomic mass is 9.66. The van der Waals surface area contributed by atoms with Crippen molar-refractivity contribution in [3.8, 4) is 50.6 Å². The van der Waals surface area contributed by atoms with Gasteiger partial charge in [-0.25, -0.2) is 0 Å². The van der Waals surface area contributed by atoms with Crippen LogP contribution in [0.3, 0.4) is 0 Å². The molecule has 0 saturated carbocycles. The second kappa shape index (κ2) is 11.4. The molecule has 2 heteroatoms. The molecule has 0 saturated heterocycles. The molecule has 0 unspecified atom stereocenters. The highest BCUT2D eigenvalue weighted by molar-refractivity contribution is 6.23. The van der Waals surface area contributed by atoms with Crippen molar-refractivity contribution >= 4 is 32.6 Å². The van der Waals surface area contributed by atoms with E-state index in [-0.39, 0.29) is 0 Å². The minimum atomic E-state index is -0.560. The maximum absolute atomic E-state index is 7.32. The average Bonchev–Trinajstić information content (AvgIpc) is 3.76. The average molecular weight is 700 g/mol. The fourth-order valence-corrected chi connectivity index (χ4v) is 9.78. The summed E-state index contributed by atoms with van der Waals surface area (Å²) in [6, 6.07) is 73.1. The number of ether oxygens (including phenoxy) is 1. The third-order valence-corrected chi connectivity index (χ3v) is 12.0. The van der Waals surface area contributed by atoms with Crippen LogP contribution in [0.4, 0.5) is 0 Å². The van der Waals surface area contributed by atoms with Crippen LogP contribution in [-0.2, 0) is 5.41 Å². The van der Waals surface area contributed by atoms with Crippen molar-refractivity contribution < 1.29 is 4.74 Å². The molecule has 0 atom stereocenters. The predicted octanol–water partition coefficient (Wildman–Crippen LogP) is 13.7. The third kappa shape index (κ3) is 4.14. The van der Waals surface area contributed by atoms with Gasteiger partial charge in [-0.15, -0.1) is 0 Å². The van der Waals surface area contributed by atoms with Gasteiger partial charge in [-0.1, -0.05) is 170 Å². The summed E-state index contributed by atoms with van der Waals surface area (Å²) in [7, 11) is 0. The highest BCUT2D eigenvalue weighted by Gasteiger charge is 2.51. The van der Waals surface area contributed by atoms with Gasteiger partial charge in [0.15, 0.2) is 5.75 Å². The van der Waals surface area contributed by atoms with Crippen molar-refractivity contribution in [3.05, 3.63) is 222 Å². The maximum Gasteiger partial charge on any atom is 0.156 e. The van der Waals surface area contributed by atoms with Crippen LogP contribution < -0.4 is 4.74 Å². The minimum Gasteiger partial charge on any atom is -0.454 e. The number of benzene rings is 9. The van der Waals surface area contributed by atoms with Gasteiger partial charge < -0.3 is 9.30 Å². The second-order valence-corrected chi connectivity index (χ2v) is 14.8. The van der Waals surface area contributed by atoms with Gasteiger partial charge in [0.2, 0.25) is 0 Å². The van der Waals surface area contributed by atoms with Crippen LogP contribution in [0.2, 0.25) is 0 Å². The first-order valence-electron chi connectivity index (χ1n) is 19.0. The topological polar surface area (TPSA) is 14.2 Å². The summed E-state index contributed by atoms with van der Waals surface area (Å²) < 4.78 is 9.80. The van der Waals surface area contributed by atoms with E-state index in [0.29, 0.717) is 0 Å². The van der Waals surface area contributed by atoms with Crippen LogP contribution in [0.15, 0.2) is 200 Å². The monoisotopic (exact) mass is 699 g/mol. The van der Waals surface area contributed by atoms with Crippen LogP contribution in [-0.4, -0.2) is 4.57 Å². The molecule has 1 aliphatic heterocycles. The molecule has 2 heterocycles. The van der Waals surface area contributed by atoms with Crippen LogP contribution >= 0.6 is 0 Å². The number of hydrogen-bond donors (Lipinski definition) is 0. The maximum atomic E-state index is 7.32. The zero-order valence-corrected chi connectivity index (χ0v) is 29.9. The van der Waals surface area contributed by atoms with E-state index in [0.717, 1.165) is 33.8 Å². The molecule has 1 spiro atoms. The number of hydrogen-bond acceptors (Lipinski definition) is 1. The summed E-state index contributed by atoms with van der Waals surface area (Å²) in [5.41, 5.74) is 14.9. The van der Waals surface area contributed by atoms with Gasteiger partial charge in [0, 0.05) is 27.6 Å². The molecule has 2 aliphatic rings. The van der Waals surface area contributed by atoms with E-state index < -0.39 is 5.41 Å². The van der Waals surface area contributed by atoms with Gasteiger partial charge in [0.25, 0.3) is 0 Å². The molecule has 0 radical (unpaired) electrons. The molecule has 0 N–H and O–H groups in total. The smallest absolute Gasteiger partial charge is 0.156 e. The van der Waals surface area contributed by atoms with E-state index in [1.807, 2.05) is 0 Å². The van der Waals surface area contributed by atoms with Crippen LogP contribution in [0.5, 0.6) is 11.5 Å². The molecule has 1 aliphatic carbocycles. The lowest BCUT2D eigenvalue weighted by molar-refractivity contribution is 0.440. The third-order valence-electron chi connectivity index (χ3n) is 12.0. The van der Waals surface area contributed by atoms with Crippen LogP contribution in [0.25, 0.3) is 71.6 Å². The molecule has 256 valence electrons. The molecule has 0 amide bonds. The van der Waals surface area contributed by atoms with Crippen molar-refractivity contribution in [2.24, 2.45) is 0 Å². The number of nitrogens with zero attached hydrogens (tertiary/aromatic N) is 1. The van der Waals surface area contributed by atoms with Gasteiger partial charge in [-0.05, 0) is 85.6 Å². The summed E-state index contributed by atoms with van der Waals surface area (Å²) in [5, 5.41) is 4.85. The number of para-hydroxylation sites is 1. The molecule has 12 rings (SSSR count). The molecule has 0 bridgehead atoms. The van der Waals surface area contributed by atoms with E-state index in [4.69, 9.17) is 4.74 Å². The van der Waals surface area contributed by atoms with Gasteiger partial charge in [-0.3, -0.25) is 0 Å². The number of aromatic nitrogens is 1. The molecular formula is C53H33NO. The normalized spacial score (nSPS) is 13.4. The number of rotatable bonds is 3. The molecule has 1 aromatic heterocycles. The Balaban J connectivity index is 1.27. The second-order valence-electron chi connectivity index (χ2n) is 14.8. The zero-order chi connectivity index (χ0) is 36.1. The van der Waals surface area contributed by atoms with Gasteiger partial charge >= 0.3 is 0 Å². The van der Waals surface area contributed by atoms with Crippen molar-refractivity contribution in [1.29, 1.82) is 0 Å². The Bertz CT molecular complexity index is 3070. The standard InChI is InChI=1S/C53H33NO/c1-3-15-34(16-4-1)37-31-38(35-17-5-2-6-18-35)33-39(32-37)54-48-30-27-36-19-7-8-20-40(36)50(48)43-28-29-47-52(51(43)54)55-49-26-14-13-25-46(49)53(47)44-23-11-9-21-41(44)42-22-10-12-24-45(42)53/h1-33H. The SMILES string of the molecule is c1ccc(-c2cc(-c3ccccc3)cc(-n3c4ccc5ccccc5c4c4ccc5c(c43)Oc3ccccc3C53c4ccccc4-c4ccccc43)c2)cc1. The van der Waals surface area contributed by atoms with Gasteiger partial charge in [0.1, 0.15) is 5.75 Å². The van der Waals surface area contributed by atoms with Crippen LogP contribution in [0, 0.1) is 0 Å². The Labute approximate surface area is 319 Å². The van der Waals surface area contributed by atoms with Gasteiger partial charge in [0.05, 0.1) is 16.4 Å². The summed E-state index contributed by atoms with van der Waals surface area (Å²) in [6.45, 7) is 0. The van der Waals surface area contributed by atoms with Crippen molar-refractivity contribution in [1.82, 2.24) is 4.57 Å². The van der Waals surface area contributed by atoms with E-state index in [9.17, 15) is 0 Å². The van der Waals surface area contributed by atoms with Crippen molar-refractivity contribution in [2.75, 3.05) is 0 Å². The lowest BCUT2D eigenvalue weighted by Crippen LogP contribution is -2.32. The molecule has 2 nitrogen and oxygen atoms in total. The van der Waals surface area contributed by atoms with E-state index in [2.05, 4.69) is 205 Å². The molecule has 9 aromatic carbocycles. The Morgan fingerprint density at radius 3 is 1.67 bits per heavy atom. The van der Waals surface area contributed by atoms with Crippen molar-refractivity contribution in [2.45, 2.75) is 5.41 Å². The quantitative estimate of drug-likeness (QED) is 0.179. The summed E-state index contributed by atoms with van der Waals surface area (Å²) in [5.74, 6) is 1.79. The van der Waals surface area contributed by atoms with Crippen LogP contribution in [0.1, 0.15) is 22.3 Å².